The number of carbonyl (C=O) groups excluding carboxylic acids is 2. The maximum absolute atomic E-state index is 12.9. The number of aromatic nitrogens is 3. The van der Waals surface area contributed by atoms with Gasteiger partial charge in [-0.2, -0.15) is 0 Å². The highest BCUT2D eigenvalue weighted by atomic mass is 32.1. The number of thiazole rings is 1. The molecule has 4 rings (SSSR count). The number of hydrogen-bond acceptors (Lipinski definition) is 7. The average molecular weight is 419 g/mol. The Labute approximate surface area is 175 Å². The van der Waals surface area contributed by atoms with Gasteiger partial charge in [-0.05, 0) is 23.6 Å². The van der Waals surface area contributed by atoms with E-state index in [1.54, 1.807) is 17.8 Å². The lowest BCUT2D eigenvalue weighted by atomic mass is 10.0. The zero-order valence-corrected chi connectivity index (χ0v) is 16.6. The van der Waals surface area contributed by atoms with E-state index in [4.69, 9.17) is 4.74 Å². The molecule has 0 saturated heterocycles. The number of benzene rings is 1. The number of carbonyl (C=O) groups is 2. The molecule has 4 aromatic rings. The van der Waals surface area contributed by atoms with Gasteiger partial charge in [-0.3, -0.25) is 19.4 Å². The summed E-state index contributed by atoms with van der Waals surface area (Å²) in [6.45, 7) is 0.208. The molecule has 0 bridgehead atoms. The summed E-state index contributed by atoms with van der Waals surface area (Å²) in [4.78, 5) is 48.0. The van der Waals surface area contributed by atoms with Crippen LogP contribution in [-0.2, 0) is 22.4 Å². The molecule has 3 aromatic heterocycles. The molecule has 1 N–H and O–H groups in total. The van der Waals surface area contributed by atoms with Gasteiger partial charge in [0.15, 0.2) is 6.10 Å². The number of ketones is 1. The van der Waals surface area contributed by atoms with E-state index in [0.29, 0.717) is 16.9 Å². The molecule has 1 aromatic carbocycles. The zero-order chi connectivity index (χ0) is 20.9. The van der Waals surface area contributed by atoms with Crippen LogP contribution in [0.2, 0.25) is 0 Å². The summed E-state index contributed by atoms with van der Waals surface area (Å²) in [5, 5.41) is 2.40. The van der Waals surface area contributed by atoms with Crippen molar-refractivity contribution in [1.29, 1.82) is 0 Å². The Morgan fingerprint density at radius 3 is 2.77 bits per heavy atom. The van der Waals surface area contributed by atoms with E-state index >= 15 is 0 Å². The number of Topliss-reactive ketones (excluding diaryl/α,β-unsaturated/α-hetero) is 1. The van der Waals surface area contributed by atoms with Crippen molar-refractivity contribution in [2.45, 2.75) is 18.9 Å². The van der Waals surface area contributed by atoms with Crippen molar-refractivity contribution in [2.75, 3.05) is 0 Å². The van der Waals surface area contributed by atoms with E-state index in [1.165, 1.54) is 17.5 Å². The number of fused-ring (bicyclic) bond motifs is 1. The predicted octanol–water partition coefficient (Wildman–Crippen LogP) is 2.94. The van der Waals surface area contributed by atoms with E-state index in [2.05, 4.69) is 15.0 Å². The normalized spacial score (nSPS) is 11.9. The highest BCUT2D eigenvalue weighted by Gasteiger charge is 2.26. The SMILES string of the molecule is O=COC(Cc1nccs1)C(=O)c1c[nH]c2cc(Cc3ccccc3)cnc2c1=O. The number of rotatable bonds is 8. The van der Waals surface area contributed by atoms with Crippen LogP contribution in [0.5, 0.6) is 0 Å². The monoisotopic (exact) mass is 419 g/mol. The molecule has 1 atom stereocenters. The predicted molar refractivity (Wildman–Crippen MR) is 113 cm³/mol. The van der Waals surface area contributed by atoms with Crippen LogP contribution < -0.4 is 5.43 Å². The van der Waals surface area contributed by atoms with Gasteiger partial charge >= 0.3 is 0 Å². The van der Waals surface area contributed by atoms with Gasteiger partial charge in [0, 0.05) is 30.4 Å². The molecular weight excluding hydrogens is 402 g/mol. The molecule has 0 radical (unpaired) electrons. The molecule has 1 unspecified atom stereocenters. The van der Waals surface area contributed by atoms with Crippen molar-refractivity contribution in [2.24, 2.45) is 0 Å². The van der Waals surface area contributed by atoms with E-state index in [-0.39, 0.29) is 24.0 Å². The van der Waals surface area contributed by atoms with E-state index in [9.17, 15) is 14.4 Å². The Balaban J connectivity index is 1.63. The maximum atomic E-state index is 12.9. The summed E-state index contributed by atoms with van der Waals surface area (Å²) in [6, 6.07) is 11.8. The fourth-order valence-electron chi connectivity index (χ4n) is 3.21. The molecule has 0 aliphatic carbocycles. The number of pyridine rings is 2. The van der Waals surface area contributed by atoms with Gasteiger partial charge in [0.1, 0.15) is 5.52 Å². The van der Waals surface area contributed by atoms with Crippen molar-refractivity contribution >= 4 is 34.6 Å². The summed E-state index contributed by atoms with van der Waals surface area (Å²) in [7, 11) is 0. The Hall–Kier alpha value is -3.65. The summed E-state index contributed by atoms with van der Waals surface area (Å²) >= 11 is 1.34. The standard InChI is InChI=1S/C22H17N3O4S/c26-13-29-18(10-19-23-6-7-30-19)21(27)16-12-24-17-9-15(11-25-20(17)22(16)28)8-14-4-2-1-3-5-14/h1-7,9,11-13,18H,8,10H2,(H,24,28). The van der Waals surface area contributed by atoms with Crippen molar-refractivity contribution in [3.8, 4) is 0 Å². The molecule has 0 aliphatic rings. The highest BCUT2D eigenvalue weighted by molar-refractivity contribution is 7.09. The lowest BCUT2D eigenvalue weighted by Gasteiger charge is -2.12. The summed E-state index contributed by atoms with van der Waals surface area (Å²) in [5.41, 5.74) is 2.17. The van der Waals surface area contributed by atoms with Gasteiger partial charge in [-0.1, -0.05) is 30.3 Å². The lowest BCUT2D eigenvalue weighted by molar-refractivity contribution is -0.131. The van der Waals surface area contributed by atoms with Crippen LogP contribution in [0, 0.1) is 0 Å². The molecule has 0 aliphatic heterocycles. The van der Waals surface area contributed by atoms with Gasteiger partial charge < -0.3 is 9.72 Å². The fourth-order valence-corrected chi connectivity index (χ4v) is 3.86. The molecule has 0 saturated carbocycles. The minimum atomic E-state index is -1.12. The topological polar surface area (TPSA) is 102 Å². The second kappa shape index (κ2) is 8.79. The van der Waals surface area contributed by atoms with E-state index < -0.39 is 17.3 Å². The number of ether oxygens (including phenoxy) is 1. The van der Waals surface area contributed by atoms with Crippen LogP contribution in [0.1, 0.15) is 26.5 Å². The van der Waals surface area contributed by atoms with Crippen LogP contribution in [-0.4, -0.2) is 33.3 Å². The van der Waals surface area contributed by atoms with Gasteiger partial charge in [-0.15, -0.1) is 11.3 Å². The molecule has 0 fully saturated rings. The zero-order valence-electron chi connectivity index (χ0n) is 15.8. The molecule has 0 spiro atoms. The summed E-state index contributed by atoms with van der Waals surface area (Å²) in [5.74, 6) is -0.587. The minimum absolute atomic E-state index is 0.103. The first-order valence-corrected chi connectivity index (χ1v) is 10.1. The van der Waals surface area contributed by atoms with Crippen molar-refractivity contribution in [3.05, 3.63) is 92.3 Å². The molecular formula is C22H17N3O4S. The van der Waals surface area contributed by atoms with Gasteiger partial charge in [0.05, 0.1) is 16.1 Å². The Morgan fingerprint density at radius 1 is 1.20 bits per heavy atom. The van der Waals surface area contributed by atoms with Crippen LogP contribution in [0.4, 0.5) is 0 Å². The smallest absolute Gasteiger partial charge is 0.293 e. The van der Waals surface area contributed by atoms with Crippen molar-refractivity contribution in [1.82, 2.24) is 15.0 Å². The average Bonchev–Trinajstić information content (AvgIpc) is 3.27. The van der Waals surface area contributed by atoms with Gasteiger partial charge in [-0.25, -0.2) is 4.98 Å². The van der Waals surface area contributed by atoms with E-state index in [1.807, 2.05) is 36.4 Å². The quantitative estimate of drug-likeness (QED) is 0.348. The largest absolute Gasteiger partial charge is 0.456 e. The molecule has 30 heavy (non-hydrogen) atoms. The summed E-state index contributed by atoms with van der Waals surface area (Å²) in [6.07, 6.45) is 4.25. The van der Waals surface area contributed by atoms with Gasteiger partial charge in [0.2, 0.25) is 11.2 Å². The molecule has 8 heteroatoms. The molecule has 7 nitrogen and oxygen atoms in total. The summed E-state index contributed by atoms with van der Waals surface area (Å²) < 4.78 is 4.95. The van der Waals surface area contributed by atoms with Gasteiger partial charge in [0.25, 0.3) is 6.47 Å². The number of aromatic amines is 1. The highest BCUT2D eigenvalue weighted by Crippen LogP contribution is 2.15. The number of nitrogens with zero attached hydrogens (tertiary/aromatic N) is 2. The fraction of sp³-hybridized carbons (Fsp3) is 0.136. The minimum Gasteiger partial charge on any atom is -0.456 e. The third-order valence-electron chi connectivity index (χ3n) is 4.65. The number of hydrogen-bond donors (Lipinski definition) is 1. The number of H-pyrrole nitrogens is 1. The lowest BCUT2D eigenvalue weighted by Crippen LogP contribution is -2.31. The molecule has 0 amide bonds. The van der Waals surface area contributed by atoms with Crippen LogP contribution in [0.25, 0.3) is 11.0 Å². The first-order valence-electron chi connectivity index (χ1n) is 9.21. The second-order valence-corrected chi connectivity index (χ2v) is 7.63. The van der Waals surface area contributed by atoms with Crippen LogP contribution in [0.3, 0.4) is 0 Å². The van der Waals surface area contributed by atoms with E-state index in [0.717, 1.165) is 11.1 Å². The second-order valence-electron chi connectivity index (χ2n) is 6.65. The van der Waals surface area contributed by atoms with Crippen molar-refractivity contribution < 1.29 is 14.3 Å². The third-order valence-corrected chi connectivity index (χ3v) is 5.45. The van der Waals surface area contributed by atoms with Crippen LogP contribution >= 0.6 is 11.3 Å². The first-order chi connectivity index (χ1) is 14.7. The Morgan fingerprint density at radius 2 is 2.03 bits per heavy atom. The number of nitrogens with one attached hydrogen (secondary N) is 1. The third kappa shape index (κ3) is 4.18. The molecule has 3 heterocycles. The Bertz CT molecular complexity index is 1240. The van der Waals surface area contributed by atoms with Crippen LogP contribution in [0.15, 0.2) is 65.2 Å². The Kier molecular flexibility index (Phi) is 5.76. The maximum Gasteiger partial charge on any atom is 0.293 e. The first kappa shape index (κ1) is 19.7. The van der Waals surface area contributed by atoms with Crippen molar-refractivity contribution in [3.63, 3.8) is 0 Å². The molecule has 150 valence electrons.